The van der Waals surface area contributed by atoms with Crippen LogP contribution in [0.4, 0.5) is 13.2 Å². The molecule has 0 aliphatic heterocycles. The highest BCUT2D eigenvalue weighted by Crippen LogP contribution is 2.39. The Morgan fingerprint density at radius 3 is 2.23 bits per heavy atom. The molecule has 0 amide bonds. The highest BCUT2D eigenvalue weighted by molar-refractivity contribution is 9.10. The molecule has 0 spiro atoms. The average molecular weight is 254 g/mol. The van der Waals surface area contributed by atoms with Crippen LogP contribution in [0.3, 0.4) is 0 Å². The minimum absolute atomic E-state index is 0.0694. The lowest BCUT2D eigenvalue weighted by atomic mass is 10.1. The molecule has 0 N–H and O–H groups in total. The zero-order valence-electron chi connectivity index (χ0n) is 6.57. The summed E-state index contributed by atoms with van der Waals surface area (Å²) in [6.07, 6.45) is -4.58. The van der Waals surface area contributed by atoms with Crippen molar-refractivity contribution in [2.45, 2.75) is 13.1 Å². The van der Waals surface area contributed by atoms with E-state index in [1.165, 1.54) is 13.0 Å². The van der Waals surface area contributed by atoms with Gasteiger partial charge in [-0.2, -0.15) is 13.2 Å². The van der Waals surface area contributed by atoms with E-state index in [9.17, 15) is 18.3 Å². The van der Waals surface area contributed by atoms with Crippen molar-refractivity contribution >= 4 is 15.9 Å². The van der Waals surface area contributed by atoms with E-state index in [2.05, 4.69) is 15.9 Å². The third-order valence-corrected chi connectivity index (χ3v) is 2.50. The Balaban J connectivity index is 3.43. The Kier molecular flexibility index (Phi) is 2.56. The summed E-state index contributed by atoms with van der Waals surface area (Å²) in [7, 11) is 0. The summed E-state index contributed by atoms with van der Waals surface area (Å²) in [6, 6.07) is 2.22. The van der Waals surface area contributed by atoms with Gasteiger partial charge in [0.25, 0.3) is 0 Å². The molecule has 5 heteroatoms. The summed E-state index contributed by atoms with van der Waals surface area (Å²) in [5.74, 6) is -0.992. The van der Waals surface area contributed by atoms with Crippen LogP contribution in [0.2, 0.25) is 0 Å². The molecule has 0 aliphatic carbocycles. The largest absolute Gasteiger partial charge is 0.872 e. The molecule has 0 saturated carbocycles. The van der Waals surface area contributed by atoms with E-state index < -0.39 is 17.5 Å². The van der Waals surface area contributed by atoms with Crippen molar-refractivity contribution in [1.29, 1.82) is 0 Å². The second kappa shape index (κ2) is 3.21. The van der Waals surface area contributed by atoms with Gasteiger partial charge in [0.05, 0.1) is 5.56 Å². The van der Waals surface area contributed by atoms with Gasteiger partial charge < -0.3 is 5.11 Å². The monoisotopic (exact) mass is 253 g/mol. The molecule has 1 nitrogen and oxygen atoms in total. The zero-order valence-corrected chi connectivity index (χ0v) is 8.16. The molecule has 0 atom stereocenters. The van der Waals surface area contributed by atoms with E-state index in [1.807, 2.05) is 0 Å². The van der Waals surface area contributed by atoms with Crippen LogP contribution in [0.15, 0.2) is 16.6 Å². The lowest BCUT2D eigenvalue weighted by Crippen LogP contribution is -2.12. The normalized spacial score (nSPS) is 11.8. The van der Waals surface area contributed by atoms with Gasteiger partial charge in [0.15, 0.2) is 0 Å². The van der Waals surface area contributed by atoms with Crippen LogP contribution in [0.25, 0.3) is 0 Å². The smallest absolute Gasteiger partial charge is 0.416 e. The van der Waals surface area contributed by atoms with Crippen LogP contribution in [0.1, 0.15) is 11.1 Å². The first kappa shape index (κ1) is 10.4. The van der Waals surface area contributed by atoms with Gasteiger partial charge in [0.2, 0.25) is 0 Å². The predicted octanol–water partition coefficient (Wildman–Crippen LogP) is 2.85. The van der Waals surface area contributed by atoms with Crippen molar-refractivity contribution in [3.05, 3.63) is 27.7 Å². The maximum absolute atomic E-state index is 12.3. The third kappa shape index (κ3) is 1.96. The molecule has 0 aliphatic rings. The average Bonchev–Trinajstić information content (AvgIpc) is 1.95. The van der Waals surface area contributed by atoms with Gasteiger partial charge >= 0.3 is 6.18 Å². The van der Waals surface area contributed by atoms with E-state index in [4.69, 9.17) is 0 Å². The number of rotatable bonds is 0. The van der Waals surface area contributed by atoms with Crippen molar-refractivity contribution in [3.63, 3.8) is 0 Å². The minimum Gasteiger partial charge on any atom is -0.872 e. The predicted molar refractivity (Wildman–Crippen MR) is 43.3 cm³/mol. The number of hydrogen-bond acceptors (Lipinski definition) is 1. The van der Waals surface area contributed by atoms with Crippen LogP contribution >= 0.6 is 15.9 Å². The first-order valence-corrected chi connectivity index (χ1v) is 4.16. The molecule has 0 aromatic heterocycles. The van der Waals surface area contributed by atoms with Crippen LogP contribution in [0, 0.1) is 6.92 Å². The molecule has 1 aromatic rings. The maximum atomic E-state index is 12.3. The second-order valence-electron chi connectivity index (χ2n) is 2.54. The van der Waals surface area contributed by atoms with E-state index in [0.717, 1.165) is 6.07 Å². The Morgan fingerprint density at radius 1 is 1.31 bits per heavy atom. The Hall–Kier alpha value is -0.710. The fourth-order valence-electron chi connectivity index (χ4n) is 1.01. The maximum Gasteiger partial charge on any atom is 0.416 e. The van der Waals surface area contributed by atoms with E-state index >= 15 is 0 Å². The van der Waals surface area contributed by atoms with E-state index in [0.29, 0.717) is 4.47 Å². The molecule has 0 radical (unpaired) electrons. The van der Waals surface area contributed by atoms with Crippen LogP contribution in [-0.4, -0.2) is 0 Å². The van der Waals surface area contributed by atoms with E-state index in [-0.39, 0.29) is 5.56 Å². The standard InChI is InChI=1S/C8H6BrF3O/c1-4-5(9)2-3-6(13)7(4)8(10,11)12/h2-3,13H,1H3/p-1. The summed E-state index contributed by atoms with van der Waals surface area (Å²) in [6.45, 7) is 1.26. The lowest BCUT2D eigenvalue weighted by Gasteiger charge is -2.19. The first-order valence-electron chi connectivity index (χ1n) is 3.37. The molecule has 1 aromatic carbocycles. The van der Waals surface area contributed by atoms with Crippen molar-refractivity contribution in [2.24, 2.45) is 0 Å². The quantitative estimate of drug-likeness (QED) is 0.698. The summed E-state index contributed by atoms with van der Waals surface area (Å²) in [4.78, 5) is 0. The molecule has 0 fully saturated rings. The molecule has 0 unspecified atom stereocenters. The highest BCUT2D eigenvalue weighted by Gasteiger charge is 2.33. The summed E-state index contributed by atoms with van der Waals surface area (Å²) >= 11 is 2.93. The number of benzene rings is 1. The minimum atomic E-state index is -4.58. The summed E-state index contributed by atoms with van der Waals surface area (Å²) in [5.41, 5.74) is -1.16. The van der Waals surface area contributed by atoms with Crippen LogP contribution in [0.5, 0.6) is 5.75 Å². The zero-order chi connectivity index (χ0) is 10.2. The topological polar surface area (TPSA) is 23.1 Å². The first-order chi connectivity index (χ1) is 5.84. The van der Waals surface area contributed by atoms with Crippen LogP contribution < -0.4 is 5.11 Å². The highest BCUT2D eigenvalue weighted by atomic mass is 79.9. The molecule has 0 saturated heterocycles. The van der Waals surface area contributed by atoms with Crippen molar-refractivity contribution in [1.82, 2.24) is 0 Å². The molecular formula is C8H5BrF3O-. The fraction of sp³-hybridized carbons (Fsp3) is 0.250. The Labute approximate surface area is 81.3 Å². The molecule has 72 valence electrons. The van der Waals surface area contributed by atoms with Crippen molar-refractivity contribution in [2.75, 3.05) is 0 Å². The van der Waals surface area contributed by atoms with Gasteiger partial charge in [-0.15, -0.1) is 0 Å². The summed E-state index contributed by atoms with van der Waals surface area (Å²) < 4.78 is 37.1. The van der Waals surface area contributed by atoms with Gasteiger partial charge in [0.1, 0.15) is 0 Å². The van der Waals surface area contributed by atoms with Crippen molar-refractivity contribution < 1.29 is 18.3 Å². The third-order valence-electron chi connectivity index (χ3n) is 1.64. The van der Waals surface area contributed by atoms with Gasteiger partial charge in [0, 0.05) is 4.47 Å². The number of halogens is 4. The Bertz CT molecular complexity index is 333. The number of hydrogen-bond donors (Lipinski definition) is 0. The molecule has 0 heterocycles. The lowest BCUT2D eigenvalue weighted by molar-refractivity contribution is -0.276. The summed E-state index contributed by atoms with van der Waals surface area (Å²) in [5, 5.41) is 10.9. The molecule has 0 bridgehead atoms. The SMILES string of the molecule is Cc1c(Br)ccc([O-])c1C(F)(F)F. The van der Waals surface area contributed by atoms with Gasteiger partial charge in [-0.1, -0.05) is 27.7 Å². The molecule has 1 rings (SSSR count). The Morgan fingerprint density at radius 2 is 1.85 bits per heavy atom. The number of alkyl halides is 3. The molecule has 13 heavy (non-hydrogen) atoms. The van der Waals surface area contributed by atoms with Gasteiger partial charge in [-0.05, 0) is 18.6 Å². The van der Waals surface area contributed by atoms with E-state index in [1.54, 1.807) is 0 Å². The van der Waals surface area contributed by atoms with Gasteiger partial charge in [-0.25, -0.2) is 0 Å². The van der Waals surface area contributed by atoms with Gasteiger partial charge in [-0.3, -0.25) is 0 Å². The second-order valence-corrected chi connectivity index (χ2v) is 3.40. The molecular weight excluding hydrogens is 249 g/mol. The van der Waals surface area contributed by atoms with Crippen LogP contribution in [-0.2, 0) is 6.18 Å². The fourth-order valence-corrected chi connectivity index (χ4v) is 1.34. The van der Waals surface area contributed by atoms with Crippen molar-refractivity contribution in [3.8, 4) is 5.75 Å².